The van der Waals surface area contributed by atoms with E-state index in [4.69, 9.17) is 4.74 Å². The average Bonchev–Trinajstić information content (AvgIpc) is 2.53. The Labute approximate surface area is 133 Å². The summed E-state index contributed by atoms with van der Waals surface area (Å²) in [4.78, 5) is 1.29. The molecular weight excluding hydrogens is 278 g/mol. The molecule has 3 heteroatoms. The van der Waals surface area contributed by atoms with Gasteiger partial charge in [0.1, 0.15) is 11.9 Å². The SMILES string of the molecule is CCNC(C1CCC(C)CC1)C1CSc2ccccc2O1. The van der Waals surface area contributed by atoms with E-state index in [1.165, 1.54) is 30.6 Å². The molecule has 0 bridgehead atoms. The van der Waals surface area contributed by atoms with Crippen LogP contribution in [0.3, 0.4) is 0 Å². The number of ether oxygens (including phenoxy) is 1. The van der Waals surface area contributed by atoms with E-state index in [-0.39, 0.29) is 0 Å². The van der Waals surface area contributed by atoms with Crippen molar-refractivity contribution in [2.24, 2.45) is 11.8 Å². The molecule has 1 N–H and O–H groups in total. The van der Waals surface area contributed by atoms with Gasteiger partial charge in [0.15, 0.2) is 0 Å². The Kier molecular flexibility index (Phi) is 5.12. The highest BCUT2D eigenvalue weighted by molar-refractivity contribution is 7.99. The predicted octanol–water partition coefficient (Wildman–Crippen LogP) is 4.34. The molecule has 2 nitrogen and oxygen atoms in total. The van der Waals surface area contributed by atoms with E-state index in [1.807, 2.05) is 11.8 Å². The highest BCUT2D eigenvalue weighted by atomic mass is 32.2. The molecule has 1 aliphatic carbocycles. The number of hydrogen-bond donors (Lipinski definition) is 1. The lowest BCUT2D eigenvalue weighted by molar-refractivity contribution is 0.108. The molecule has 0 radical (unpaired) electrons. The molecule has 3 rings (SSSR count). The first-order valence-corrected chi connectivity index (χ1v) is 9.38. The van der Waals surface area contributed by atoms with Crippen LogP contribution in [0, 0.1) is 11.8 Å². The van der Waals surface area contributed by atoms with E-state index in [9.17, 15) is 0 Å². The van der Waals surface area contributed by atoms with Gasteiger partial charge in [-0.05, 0) is 43.4 Å². The van der Waals surface area contributed by atoms with Crippen LogP contribution in [0.25, 0.3) is 0 Å². The van der Waals surface area contributed by atoms with Crippen LogP contribution < -0.4 is 10.1 Å². The predicted molar refractivity (Wildman–Crippen MR) is 90.2 cm³/mol. The number of hydrogen-bond acceptors (Lipinski definition) is 3. The van der Waals surface area contributed by atoms with Gasteiger partial charge in [-0.15, -0.1) is 11.8 Å². The number of rotatable bonds is 4. The molecule has 1 aromatic carbocycles. The van der Waals surface area contributed by atoms with Crippen LogP contribution in [0.2, 0.25) is 0 Å². The molecule has 116 valence electrons. The molecular formula is C18H27NOS. The Hall–Kier alpha value is -0.670. The highest BCUT2D eigenvalue weighted by Gasteiger charge is 2.34. The summed E-state index contributed by atoms with van der Waals surface area (Å²) in [5, 5.41) is 3.73. The summed E-state index contributed by atoms with van der Waals surface area (Å²) < 4.78 is 6.34. The third-order valence-corrected chi connectivity index (χ3v) is 6.08. The van der Waals surface area contributed by atoms with Crippen LogP contribution in [-0.4, -0.2) is 24.4 Å². The maximum absolute atomic E-state index is 6.34. The van der Waals surface area contributed by atoms with Crippen molar-refractivity contribution in [2.75, 3.05) is 12.3 Å². The zero-order valence-electron chi connectivity index (χ0n) is 13.2. The molecule has 0 amide bonds. The maximum Gasteiger partial charge on any atom is 0.133 e. The lowest BCUT2D eigenvalue weighted by Crippen LogP contribution is -2.50. The quantitative estimate of drug-likeness (QED) is 0.894. The number of thioether (sulfide) groups is 1. The molecule has 1 heterocycles. The smallest absolute Gasteiger partial charge is 0.133 e. The van der Waals surface area contributed by atoms with Gasteiger partial charge in [-0.3, -0.25) is 0 Å². The molecule has 2 aliphatic rings. The van der Waals surface area contributed by atoms with Crippen molar-refractivity contribution in [3.8, 4) is 5.75 Å². The normalized spacial score (nSPS) is 30.3. The number of benzene rings is 1. The lowest BCUT2D eigenvalue weighted by Gasteiger charge is -2.39. The molecule has 21 heavy (non-hydrogen) atoms. The van der Waals surface area contributed by atoms with Gasteiger partial charge in [0.05, 0.1) is 0 Å². The largest absolute Gasteiger partial charge is 0.487 e. The van der Waals surface area contributed by atoms with Gasteiger partial charge in [0, 0.05) is 16.7 Å². The van der Waals surface area contributed by atoms with Gasteiger partial charge >= 0.3 is 0 Å². The molecule has 0 aromatic heterocycles. The van der Waals surface area contributed by atoms with Crippen LogP contribution >= 0.6 is 11.8 Å². The number of fused-ring (bicyclic) bond motifs is 1. The van der Waals surface area contributed by atoms with E-state index < -0.39 is 0 Å². The second kappa shape index (κ2) is 7.06. The van der Waals surface area contributed by atoms with E-state index in [0.29, 0.717) is 12.1 Å². The lowest BCUT2D eigenvalue weighted by atomic mass is 9.78. The summed E-state index contributed by atoms with van der Waals surface area (Å²) in [6.07, 6.45) is 5.77. The van der Waals surface area contributed by atoms with Gasteiger partial charge in [-0.2, -0.15) is 0 Å². The van der Waals surface area contributed by atoms with E-state index in [0.717, 1.165) is 29.9 Å². The van der Waals surface area contributed by atoms with E-state index in [1.54, 1.807) is 0 Å². The summed E-state index contributed by atoms with van der Waals surface area (Å²) in [5.74, 6) is 3.83. The maximum atomic E-state index is 6.34. The van der Waals surface area contributed by atoms with Crippen molar-refractivity contribution in [1.82, 2.24) is 5.32 Å². The molecule has 1 aliphatic heterocycles. The minimum absolute atomic E-state index is 0.309. The molecule has 1 aromatic rings. The molecule has 0 spiro atoms. The first kappa shape index (κ1) is 15.2. The van der Waals surface area contributed by atoms with Crippen LogP contribution in [0.4, 0.5) is 0 Å². The topological polar surface area (TPSA) is 21.3 Å². The van der Waals surface area contributed by atoms with Crippen molar-refractivity contribution in [3.63, 3.8) is 0 Å². The van der Waals surface area contributed by atoms with Gasteiger partial charge in [-0.1, -0.05) is 38.8 Å². The van der Waals surface area contributed by atoms with E-state index >= 15 is 0 Å². The Morgan fingerprint density at radius 1 is 1.24 bits per heavy atom. The molecule has 0 saturated heterocycles. The minimum Gasteiger partial charge on any atom is -0.487 e. The second-order valence-corrected chi connectivity index (χ2v) is 7.58. The van der Waals surface area contributed by atoms with Crippen molar-refractivity contribution in [3.05, 3.63) is 24.3 Å². The molecule has 2 unspecified atom stereocenters. The number of likely N-dealkylation sites (N-methyl/N-ethyl adjacent to an activating group) is 1. The summed E-state index contributed by atoms with van der Waals surface area (Å²) in [5.41, 5.74) is 0. The summed E-state index contributed by atoms with van der Waals surface area (Å²) in [6.45, 7) is 5.63. The van der Waals surface area contributed by atoms with Gasteiger partial charge < -0.3 is 10.1 Å². The van der Waals surface area contributed by atoms with Crippen molar-refractivity contribution in [1.29, 1.82) is 0 Å². The third kappa shape index (κ3) is 3.57. The fourth-order valence-corrected chi connectivity index (χ4v) is 4.75. The van der Waals surface area contributed by atoms with Crippen LogP contribution in [0.5, 0.6) is 5.75 Å². The van der Waals surface area contributed by atoms with Crippen LogP contribution in [0.1, 0.15) is 39.5 Å². The zero-order chi connectivity index (χ0) is 14.7. The van der Waals surface area contributed by atoms with Crippen LogP contribution in [-0.2, 0) is 0 Å². The Morgan fingerprint density at radius 3 is 2.76 bits per heavy atom. The van der Waals surface area contributed by atoms with Crippen molar-refractivity contribution >= 4 is 11.8 Å². The molecule has 1 fully saturated rings. The Morgan fingerprint density at radius 2 is 2.00 bits per heavy atom. The fourth-order valence-electron chi connectivity index (χ4n) is 3.70. The van der Waals surface area contributed by atoms with Gasteiger partial charge in [0.25, 0.3) is 0 Å². The zero-order valence-corrected chi connectivity index (χ0v) is 14.0. The number of nitrogens with one attached hydrogen (secondary N) is 1. The fraction of sp³-hybridized carbons (Fsp3) is 0.667. The highest BCUT2D eigenvalue weighted by Crippen LogP contribution is 2.39. The van der Waals surface area contributed by atoms with Crippen molar-refractivity contribution in [2.45, 2.75) is 56.6 Å². The monoisotopic (exact) mass is 305 g/mol. The summed E-state index contributed by atoms with van der Waals surface area (Å²) in [7, 11) is 0. The third-order valence-electron chi connectivity index (χ3n) is 4.94. The van der Waals surface area contributed by atoms with E-state index in [2.05, 4.69) is 43.4 Å². The second-order valence-electron chi connectivity index (χ2n) is 6.52. The minimum atomic E-state index is 0.309. The standard InChI is InChI=1S/C18H27NOS/c1-3-19-18(14-10-8-13(2)9-11-14)16-12-21-17-7-5-4-6-15(17)20-16/h4-7,13-14,16,18-19H,3,8-12H2,1-2H3. The number of para-hydroxylation sites is 1. The summed E-state index contributed by atoms with van der Waals surface area (Å²) in [6, 6.07) is 8.95. The van der Waals surface area contributed by atoms with Gasteiger partial charge in [-0.25, -0.2) is 0 Å². The molecule has 2 atom stereocenters. The summed E-state index contributed by atoms with van der Waals surface area (Å²) >= 11 is 1.95. The first-order chi connectivity index (χ1) is 10.3. The first-order valence-electron chi connectivity index (χ1n) is 8.39. The molecule has 1 saturated carbocycles. The van der Waals surface area contributed by atoms with Crippen LogP contribution in [0.15, 0.2) is 29.2 Å². The van der Waals surface area contributed by atoms with Gasteiger partial charge in [0.2, 0.25) is 0 Å². The Balaban J connectivity index is 1.70. The Bertz CT molecular complexity index is 456. The average molecular weight is 305 g/mol. The van der Waals surface area contributed by atoms with Crippen molar-refractivity contribution < 1.29 is 4.74 Å².